The molecule has 3 rings (SSSR count). The molecule has 8 unspecified atom stereocenters. The average molecular weight is 1020 g/mol. The standard InChI is InChI=1S/C38H68N7O17P3S/c1-5-6-7-8-9-10-11-12-13-15-26(2)16-14-17-29(47)66-21-20-40-28(46)18-19-41-36(50)33(49)38(3,4)23-59-65(56,57)62-64(54,55)58-22-27-32(61-63(51,52)53)31(48)37(60-27)45-25-44-30-34(39)42-24-43-35(30)45/h24-27,31-33,37,48-49H,5-23H2,1-4H3,(H,40,46)(H,41,50)(H,54,55)(H,56,57)(H2,39,42,43)(H2,51,52,53). The van der Waals surface area contributed by atoms with E-state index in [9.17, 15) is 57.9 Å². The summed E-state index contributed by atoms with van der Waals surface area (Å²) in [5, 5.41) is 26.7. The summed E-state index contributed by atoms with van der Waals surface area (Å²) in [4.78, 5) is 88.5. The first-order valence-electron chi connectivity index (χ1n) is 22.0. The van der Waals surface area contributed by atoms with Crippen molar-refractivity contribution in [3.05, 3.63) is 12.7 Å². The molecule has 0 aromatic carbocycles. The van der Waals surface area contributed by atoms with Gasteiger partial charge in [-0.05, 0) is 12.3 Å². The lowest BCUT2D eigenvalue weighted by atomic mass is 9.87. The molecule has 28 heteroatoms. The van der Waals surface area contributed by atoms with Crippen molar-refractivity contribution in [2.75, 3.05) is 37.8 Å². The Balaban J connectivity index is 1.33. The molecular weight excluding hydrogens is 951 g/mol. The van der Waals surface area contributed by atoms with E-state index < -0.39 is 84.6 Å². The first-order valence-corrected chi connectivity index (χ1v) is 27.5. The van der Waals surface area contributed by atoms with Gasteiger partial charge in [-0.25, -0.2) is 28.6 Å². The number of aliphatic hydroxyl groups excluding tert-OH is 2. The van der Waals surface area contributed by atoms with Gasteiger partial charge in [0.05, 0.1) is 19.5 Å². The molecule has 0 bridgehead atoms. The van der Waals surface area contributed by atoms with Gasteiger partial charge in [0.25, 0.3) is 0 Å². The van der Waals surface area contributed by atoms with Crippen LogP contribution < -0.4 is 16.4 Å². The largest absolute Gasteiger partial charge is 0.481 e. The van der Waals surface area contributed by atoms with Crippen LogP contribution in [0.3, 0.4) is 0 Å². The van der Waals surface area contributed by atoms with Gasteiger partial charge in [0.15, 0.2) is 22.8 Å². The summed E-state index contributed by atoms with van der Waals surface area (Å²) in [6, 6.07) is 0. The fourth-order valence-electron chi connectivity index (χ4n) is 6.91. The summed E-state index contributed by atoms with van der Waals surface area (Å²) >= 11 is 1.16. The molecule has 2 aromatic heterocycles. The number of carbonyl (C=O) groups excluding carboxylic acids is 3. The molecule has 10 N–H and O–H groups in total. The maximum Gasteiger partial charge on any atom is 0.481 e. The molecule has 3 heterocycles. The van der Waals surface area contributed by atoms with E-state index in [1.807, 2.05) is 0 Å². The first kappa shape index (κ1) is 57.9. The SMILES string of the molecule is CCCCCCCCCCCC(C)CCCC(=O)SCCNC(=O)CCNC(=O)C(O)C(C)(C)COP(=O)(O)OP(=O)(O)OCC1OC(n2cnc3c(N)ncnc32)C(O)C1OP(=O)(O)O. The maximum absolute atomic E-state index is 12.7. The van der Waals surface area contributed by atoms with Crippen LogP contribution in [0.4, 0.5) is 5.82 Å². The molecule has 2 aromatic rings. The second kappa shape index (κ2) is 27.7. The van der Waals surface area contributed by atoms with Crippen LogP contribution in [0.2, 0.25) is 0 Å². The van der Waals surface area contributed by atoms with Crippen molar-refractivity contribution < 1.29 is 80.5 Å². The Morgan fingerprint density at radius 2 is 1.55 bits per heavy atom. The van der Waals surface area contributed by atoms with E-state index in [1.165, 1.54) is 78.1 Å². The number of phosphoric ester groups is 3. The average Bonchev–Trinajstić information content (AvgIpc) is 3.79. The number of nitrogens with one attached hydrogen (secondary N) is 2. The minimum Gasteiger partial charge on any atom is -0.386 e. The zero-order valence-corrected chi connectivity index (χ0v) is 41.3. The third-order valence-corrected chi connectivity index (χ3v) is 14.7. The number of anilines is 1. The molecule has 0 saturated carbocycles. The Hall–Kier alpha value is -2.44. The summed E-state index contributed by atoms with van der Waals surface area (Å²) in [5.74, 6) is -0.446. The van der Waals surface area contributed by atoms with Crippen molar-refractivity contribution in [1.29, 1.82) is 0 Å². The van der Waals surface area contributed by atoms with Crippen molar-refractivity contribution in [2.45, 2.75) is 148 Å². The number of thioether (sulfide) groups is 1. The lowest BCUT2D eigenvalue weighted by molar-refractivity contribution is -0.137. The lowest BCUT2D eigenvalue weighted by Gasteiger charge is -2.30. The van der Waals surface area contributed by atoms with Gasteiger partial charge in [0, 0.05) is 37.1 Å². The Bertz CT molecular complexity index is 2000. The second-order valence-corrected chi connectivity index (χ2v) is 22.3. The molecule has 8 atom stereocenters. The summed E-state index contributed by atoms with van der Waals surface area (Å²) in [6.45, 7) is 5.04. The Labute approximate surface area is 388 Å². The van der Waals surface area contributed by atoms with E-state index in [0.717, 1.165) is 41.8 Å². The molecule has 1 aliphatic heterocycles. The molecule has 378 valence electrons. The number of hydrogen-bond donors (Lipinski definition) is 9. The number of ether oxygens (including phenoxy) is 1. The number of imidazole rings is 1. The van der Waals surface area contributed by atoms with Crippen LogP contribution in [-0.2, 0) is 50.7 Å². The quantitative estimate of drug-likeness (QED) is 0.0353. The van der Waals surface area contributed by atoms with Gasteiger partial charge in [-0.1, -0.05) is 110 Å². The minimum atomic E-state index is -5.57. The molecule has 1 fully saturated rings. The van der Waals surface area contributed by atoms with Crippen molar-refractivity contribution in [1.82, 2.24) is 30.2 Å². The number of nitrogen functional groups attached to an aromatic ring is 1. The molecule has 0 radical (unpaired) electrons. The number of carbonyl (C=O) groups is 3. The van der Waals surface area contributed by atoms with E-state index in [0.29, 0.717) is 18.1 Å². The van der Waals surface area contributed by atoms with Gasteiger partial charge in [-0.3, -0.25) is 32.5 Å². The van der Waals surface area contributed by atoms with E-state index in [2.05, 4.69) is 48.3 Å². The van der Waals surface area contributed by atoms with Crippen LogP contribution in [0.15, 0.2) is 12.7 Å². The molecule has 1 aliphatic rings. The number of nitrogens with zero attached hydrogens (tertiary/aromatic N) is 4. The number of aromatic nitrogens is 4. The summed E-state index contributed by atoms with van der Waals surface area (Å²) in [5.41, 5.74) is 4.29. The van der Waals surface area contributed by atoms with Crippen LogP contribution in [0.5, 0.6) is 0 Å². The van der Waals surface area contributed by atoms with Crippen molar-refractivity contribution in [3.63, 3.8) is 0 Å². The number of phosphoric acid groups is 3. The summed E-state index contributed by atoms with van der Waals surface area (Å²) in [6.07, 6.45) is 8.30. The van der Waals surface area contributed by atoms with Crippen LogP contribution in [0.25, 0.3) is 11.2 Å². The number of amides is 2. The highest BCUT2D eigenvalue weighted by Gasteiger charge is 2.50. The number of fused-ring (bicyclic) bond motifs is 1. The zero-order chi connectivity index (χ0) is 49.1. The van der Waals surface area contributed by atoms with E-state index in [4.69, 9.17) is 19.5 Å². The van der Waals surface area contributed by atoms with E-state index in [-0.39, 0.29) is 41.6 Å². The number of hydrogen-bond acceptors (Lipinski definition) is 18. The van der Waals surface area contributed by atoms with Crippen LogP contribution in [0.1, 0.15) is 124 Å². The van der Waals surface area contributed by atoms with Crippen LogP contribution in [-0.4, -0.2) is 123 Å². The first-order chi connectivity index (χ1) is 30.9. The number of unbranched alkanes of at least 4 members (excludes halogenated alkanes) is 8. The highest BCUT2D eigenvalue weighted by molar-refractivity contribution is 8.13. The minimum absolute atomic E-state index is 0.0336. The lowest BCUT2D eigenvalue weighted by Crippen LogP contribution is -2.46. The van der Waals surface area contributed by atoms with Gasteiger partial charge >= 0.3 is 23.5 Å². The maximum atomic E-state index is 12.7. The molecule has 1 saturated heterocycles. The van der Waals surface area contributed by atoms with Crippen molar-refractivity contribution in [3.8, 4) is 0 Å². The topological polar surface area (TPSA) is 364 Å². The molecule has 24 nitrogen and oxygen atoms in total. The van der Waals surface area contributed by atoms with Gasteiger partial charge in [-0.15, -0.1) is 0 Å². The van der Waals surface area contributed by atoms with Crippen molar-refractivity contribution in [2.24, 2.45) is 11.3 Å². The van der Waals surface area contributed by atoms with Crippen LogP contribution >= 0.6 is 35.2 Å². The van der Waals surface area contributed by atoms with Crippen LogP contribution in [0, 0.1) is 11.3 Å². The van der Waals surface area contributed by atoms with Gasteiger partial charge < -0.3 is 50.9 Å². The van der Waals surface area contributed by atoms with Crippen molar-refractivity contribution >= 4 is 69.1 Å². The zero-order valence-electron chi connectivity index (χ0n) is 37.8. The molecule has 0 spiro atoms. The molecular formula is C38H68N7O17P3S. The highest BCUT2D eigenvalue weighted by atomic mass is 32.2. The molecule has 0 aliphatic carbocycles. The third-order valence-electron chi connectivity index (χ3n) is 10.6. The highest BCUT2D eigenvalue weighted by Crippen LogP contribution is 2.61. The van der Waals surface area contributed by atoms with E-state index >= 15 is 0 Å². The van der Waals surface area contributed by atoms with E-state index in [1.54, 1.807) is 0 Å². The summed E-state index contributed by atoms with van der Waals surface area (Å²) in [7, 11) is -16.4. The molecule has 66 heavy (non-hydrogen) atoms. The summed E-state index contributed by atoms with van der Waals surface area (Å²) < 4.78 is 62.4. The fourth-order valence-corrected chi connectivity index (χ4v) is 10.5. The van der Waals surface area contributed by atoms with Gasteiger partial charge in [-0.2, -0.15) is 4.31 Å². The molecule has 2 amide bonds. The fraction of sp³-hybridized carbons (Fsp3) is 0.789. The number of rotatable bonds is 33. The predicted molar refractivity (Wildman–Crippen MR) is 242 cm³/mol. The number of aliphatic hydroxyl groups is 2. The monoisotopic (exact) mass is 1020 g/mol. The predicted octanol–water partition coefficient (Wildman–Crippen LogP) is 4.39. The van der Waals surface area contributed by atoms with Gasteiger partial charge in [0.1, 0.15) is 36.3 Å². The Morgan fingerprint density at radius 1 is 0.909 bits per heavy atom. The van der Waals surface area contributed by atoms with Gasteiger partial charge in [0.2, 0.25) is 11.8 Å². The normalized spacial score (nSPS) is 20.7. The third kappa shape index (κ3) is 20.7. The number of nitrogens with two attached hydrogens (primary N) is 1. The smallest absolute Gasteiger partial charge is 0.386 e. The second-order valence-electron chi connectivity index (χ2n) is 16.9. The Kier molecular flexibility index (Phi) is 24.3. The Morgan fingerprint density at radius 3 is 2.21 bits per heavy atom.